The number of nitrogens with two attached hydrogens (primary N) is 1. The number of rotatable bonds is 4. The molecule has 1 amide bonds. The number of hydrogen-bond donors (Lipinski definition) is 3. The van der Waals surface area contributed by atoms with Crippen LogP contribution in [0.4, 0.5) is 5.69 Å². The number of nitrogens with zero attached hydrogens (tertiary/aromatic N) is 4. The van der Waals surface area contributed by atoms with Crippen molar-refractivity contribution in [1.82, 2.24) is 25.1 Å². The molecular formula is C10H13N7O. The van der Waals surface area contributed by atoms with Crippen molar-refractivity contribution in [1.29, 1.82) is 0 Å². The summed E-state index contributed by atoms with van der Waals surface area (Å²) in [5, 5.41) is 10.3. The smallest absolute Gasteiger partial charge is 0.270 e. The average molecular weight is 247 g/mol. The van der Waals surface area contributed by atoms with Crippen LogP contribution in [0.15, 0.2) is 24.7 Å². The Bertz CT molecular complexity index is 551. The first-order valence-electron chi connectivity index (χ1n) is 5.24. The molecular weight excluding hydrogens is 234 g/mol. The summed E-state index contributed by atoms with van der Waals surface area (Å²) < 4.78 is 1.73. The molecule has 0 atom stereocenters. The number of carbonyl (C=O) groups excluding carboxylic acids is 1. The second-order valence-electron chi connectivity index (χ2n) is 3.61. The lowest BCUT2D eigenvalue weighted by Gasteiger charge is -2.05. The lowest BCUT2D eigenvalue weighted by atomic mass is 10.3. The van der Waals surface area contributed by atoms with E-state index in [4.69, 9.17) is 5.84 Å². The Morgan fingerprint density at radius 1 is 1.56 bits per heavy atom. The number of pyridine rings is 1. The fourth-order valence-electron chi connectivity index (χ4n) is 1.36. The molecule has 0 saturated heterocycles. The van der Waals surface area contributed by atoms with E-state index in [-0.39, 0.29) is 18.1 Å². The minimum atomic E-state index is -0.296. The highest BCUT2D eigenvalue weighted by Gasteiger charge is 2.09. The highest BCUT2D eigenvalue weighted by atomic mass is 16.1. The molecule has 0 aliphatic rings. The van der Waals surface area contributed by atoms with Gasteiger partial charge in [-0.05, 0) is 12.1 Å². The minimum absolute atomic E-state index is 0.285. The van der Waals surface area contributed by atoms with Gasteiger partial charge in [0.2, 0.25) is 0 Å². The number of aryl methyl sites for hydroxylation is 1. The van der Waals surface area contributed by atoms with Gasteiger partial charge in [-0.1, -0.05) is 0 Å². The first-order chi connectivity index (χ1) is 8.70. The zero-order chi connectivity index (χ0) is 13.0. The van der Waals surface area contributed by atoms with E-state index in [0.29, 0.717) is 11.5 Å². The molecule has 0 aliphatic carbocycles. The van der Waals surface area contributed by atoms with Gasteiger partial charge in [0.1, 0.15) is 12.0 Å². The molecule has 2 heterocycles. The van der Waals surface area contributed by atoms with Crippen molar-refractivity contribution in [2.75, 3.05) is 5.43 Å². The van der Waals surface area contributed by atoms with E-state index in [1.165, 1.54) is 6.20 Å². The maximum Gasteiger partial charge on any atom is 0.270 e. The van der Waals surface area contributed by atoms with Crippen molar-refractivity contribution in [3.05, 3.63) is 36.2 Å². The Morgan fingerprint density at radius 2 is 2.39 bits per heavy atom. The largest absolute Gasteiger partial charge is 0.343 e. The summed E-state index contributed by atoms with van der Waals surface area (Å²) in [6.07, 6.45) is 3.07. The minimum Gasteiger partial charge on any atom is -0.343 e. The molecule has 8 nitrogen and oxygen atoms in total. The zero-order valence-electron chi connectivity index (χ0n) is 9.79. The van der Waals surface area contributed by atoms with Crippen molar-refractivity contribution in [3.8, 4) is 0 Å². The van der Waals surface area contributed by atoms with Gasteiger partial charge < -0.3 is 15.3 Å². The Labute approximate surface area is 103 Å². The van der Waals surface area contributed by atoms with E-state index in [2.05, 4.69) is 25.9 Å². The summed E-state index contributed by atoms with van der Waals surface area (Å²) in [4.78, 5) is 15.8. The normalized spacial score (nSPS) is 10.1. The molecule has 0 saturated carbocycles. The number of amides is 1. The van der Waals surface area contributed by atoms with Gasteiger partial charge in [-0.25, -0.2) is 0 Å². The first kappa shape index (κ1) is 12.0. The van der Waals surface area contributed by atoms with Crippen molar-refractivity contribution in [3.63, 3.8) is 0 Å². The molecule has 0 aromatic carbocycles. The van der Waals surface area contributed by atoms with Gasteiger partial charge in [0.25, 0.3) is 5.91 Å². The van der Waals surface area contributed by atoms with Gasteiger partial charge in [0, 0.05) is 13.2 Å². The van der Waals surface area contributed by atoms with E-state index < -0.39 is 0 Å². The second-order valence-corrected chi connectivity index (χ2v) is 3.61. The van der Waals surface area contributed by atoms with Gasteiger partial charge in [-0.2, -0.15) is 0 Å². The fraction of sp³-hybridized carbons (Fsp3) is 0.200. The maximum atomic E-state index is 11.8. The third kappa shape index (κ3) is 2.61. The van der Waals surface area contributed by atoms with Crippen LogP contribution >= 0.6 is 0 Å². The zero-order valence-corrected chi connectivity index (χ0v) is 9.79. The van der Waals surface area contributed by atoms with E-state index in [1.54, 1.807) is 30.1 Å². The van der Waals surface area contributed by atoms with Crippen LogP contribution in [0.1, 0.15) is 16.3 Å². The molecule has 4 N–H and O–H groups in total. The average Bonchev–Trinajstić information content (AvgIpc) is 2.81. The number of anilines is 1. The summed E-state index contributed by atoms with van der Waals surface area (Å²) in [6.45, 7) is 0.289. The SMILES string of the molecule is Cn1cnnc1CNC(=O)c1cc(NN)ccn1. The van der Waals surface area contributed by atoms with E-state index in [0.717, 1.165) is 0 Å². The van der Waals surface area contributed by atoms with Gasteiger partial charge >= 0.3 is 0 Å². The Kier molecular flexibility index (Phi) is 3.49. The molecule has 0 unspecified atom stereocenters. The standard InChI is InChI=1S/C10H13N7O/c1-17-6-14-16-9(17)5-13-10(18)8-4-7(15-11)2-3-12-8/h2-4,6H,5,11H2,1H3,(H,12,15)(H,13,18). The number of nitrogens with one attached hydrogen (secondary N) is 2. The number of nitrogen functional groups attached to an aromatic ring is 1. The Morgan fingerprint density at radius 3 is 3.06 bits per heavy atom. The molecule has 0 aliphatic heterocycles. The van der Waals surface area contributed by atoms with E-state index in [1.807, 2.05) is 0 Å². The molecule has 2 rings (SSSR count). The maximum absolute atomic E-state index is 11.8. The summed E-state index contributed by atoms with van der Waals surface area (Å²) >= 11 is 0. The lowest BCUT2D eigenvalue weighted by molar-refractivity contribution is 0.0944. The topological polar surface area (TPSA) is 111 Å². The summed E-state index contributed by atoms with van der Waals surface area (Å²) in [5.41, 5.74) is 3.36. The Balaban J connectivity index is 2.01. The first-order valence-corrected chi connectivity index (χ1v) is 5.24. The number of hydrazine groups is 1. The molecule has 2 aromatic rings. The van der Waals surface area contributed by atoms with Crippen LogP contribution in [0.5, 0.6) is 0 Å². The molecule has 94 valence electrons. The number of hydrogen-bond acceptors (Lipinski definition) is 6. The van der Waals surface area contributed by atoms with Crippen LogP contribution in [0.25, 0.3) is 0 Å². The Hall–Kier alpha value is -2.48. The number of carbonyl (C=O) groups is 1. The lowest BCUT2D eigenvalue weighted by Crippen LogP contribution is -2.25. The molecule has 0 fully saturated rings. The molecule has 18 heavy (non-hydrogen) atoms. The van der Waals surface area contributed by atoms with Gasteiger partial charge in [-0.15, -0.1) is 10.2 Å². The second kappa shape index (κ2) is 5.23. The fourth-order valence-corrected chi connectivity index (χ4v) is 1.36. The summed E-state index contributed by atoms with van der Waals surface area (Å²) in [7, 11) is 1.80. The monoisotopic (exact) mass is 247 g/mol. The van der Waals surface area contributed by atoms with Crippen LogP contribution in [0.2, 0.25) is 0 Å². The number of aromatic nitrogens is 4. The van der Waals surface area contributed by atoms with Gasteiger partial charge in [0.05, 0.1) is 12.2 Å². The van der Waals surface area contributed by atoms with Crippen molar-refractivity contribution in [2.24, 2.45) is 12.9 Å². The van der Waals surface area contributed by atoms with Crippen LogP contribution in [-0.2, 0) is 13.6 Å². The third-order valence-electron chi connectivity index (χ3n) is 2.37. The summed E-state index contributed by atoms with van der Waals surface area (Å²) in [5.74, 6) is 5.63. The van der Waals surface area contributed by atoms with Gasteiger partial charge in [0.15, 0.2) is 5.82 Å². The van der Waals surface area contributed by atoms with E-state index >= 15 is 0 Å². The molecule has 8 heteroatoms. The quantitative estimate of drug-likeness (QED) is 0.492. The highest BCUT2D eigenvalue weighted by Crippen LogP contribution is 2.05. The van der Waals surface area contributed by atoms with Gasteiger partial charge in [-0.3, -0.25) is 15.6 Å². The van der Waals surface area contributed by atoms with Crippen LogP contribution in [0, 0.1) is 0 Å². The van der Waals surface area contributed by atoms with Crippen molar-refractivity contribution < 1.29 is 4.79 Å². The molecule has 0 radical (unpaired) electrons. The molecule has 2 aromatic heterocycles. The van der Waals surface area contributed by atoms with Crippen LogP contribution < -0.4 is 16.6 Å². The van der Waals surface area contributed by atoms with Crippen molar-refractivity contribution >= 4 is 11.6 Å². The predicted octanol–water partition coefficient (Wildman–Crippen LogP) is -0.574. The van der Waals surface area contributed by atoms with Crippen molar-refractivity contribution in [2.45, 2.75) is 6.54 Å². The summed E-state index contributed by atoms with van der Waals surface area (Å²) in [6, 6.07) is 3.23. The van der Waals surface area contributed by atoms with Crippen LogP contribution in [0.3, 0.4) is 0 Å². The van der Waals surface area contributed by atoms with Crippen LogP contribution in [-0.4, -0.2) is 25.7 Å². The predicted molar refractivity (Wildman–Crippen MR) is 64.2 cm³/mol. The third-order valence-corrected chi connectivity index (χ3v) is 2.37. The molecule has 0 bridgehead atoms. The highest BCUT2D eigenvalue weighted by molar-refractivity contribution is 5.92. The molecule has 0 spiro atoms. The van der Waals surface area contributed by atoms with E-state index in [9.17, 15) is 4.79 Å².